The predicted octanol–water partition coefficient (Wildman–Crippen LogP) is 3.60. The van der Waals surface area contributed by atoms with Gasteiger partial charge in [0.05, 0.1) is 0 Å². The summed E-state index contributed by atoms with van der Waals surface area (Å²) in [6, 6.07) is 4.36. The molecule has 1 saturated heterocycles. The molecule has 1 aliphatic heterocycles. The third kappa shape index (κ3) is 4.22. The van der Waals surface area contributed by atoms with Gasteiger partial charge in [-0.25, -0.2) is 8.78 Å². The number of nitrogens with one attached hydrogen (secondary N) is 1. The van der Waals surface area contributed by atoms with Crippen LogP contribution < -0.4 is 11.1 Å². The molecule has 1 aromatic heterocycles. The molecule has 31 heavy (non-hydrogen) atoms. The molecular formula is C20H18F5N3O3. The molecule has 2 aromatic rings. The number of anilines is 1. The van der Waals surface area contributed by atoms with Gasteiger partial charge in [0.15, 0.2) is 5.60 Å². The molecule has 0 saturated carbocycles. The average Bonchev–Trinajstić information content (AvgIpc) is 3.05. The van der Waals surface area contributed by atoms with Crippen LogP contribution in [0.3, 0.4) is 0 Å². The maximum Gasteiger partial charge on any atom is 0.417 e. The number of aromatic nitrogens is 1. The van der Waals surface area contributed by atoms with Gasteiger partial charge in [0.2, 0.25) is 0 Å². The van der Waals surface area contributed by atoms with Gasteiger partial charge in [-0.2, -0.15) is 13.2 Å². The van der Waals surface area contributed by atoms with Crippen molar-refractivity contribution < 1.29 is 36.3 Å². The number of carbonyl (C=O) groups is 2. The summed E-state index contributed by atoms with van der Waals surface area (Å²) in [5.74, 6) is -5.13. The van der Waals surface area contributed by atoms with E-state index in [0.717, 1.165) is 32.0 Å². The standard InChI is InChI=1S/C20H18F5N3O3/c1-9-13(21)4-3-11(15(9)22)12-8-19(2,20(23,24)25)31-16(12)18(30)28-10-5-6-27-14(7-10)17(26)29/h3-7,12,16H,8H2,1-2H3,(H2,26,29)(H,27,28,30)/t12-,16-,19-/m0/s1. The lowest BCUT2D eigenvalue weighted by atomic mass is 9.85. The number of carbonyl (C=O) groups excluding carboxylic acids is 2. The summed E-state index contributed by atoms with van der Waals surface area (Å²) in [6.07, 6.45) is -6.16. The second kappa shape index (κ2) is 7.88. The molecule has 0 bridgehead atoms. The Balaban J connectivity index is 1.98. The van der Waals surface area contributed by atoms with E-state index in [1.807, 2.05) is 0 Å². The largest absolute Gasteiger partial charge is 0.417 e. The highest BCUT2D eigenvalue weighted by Gasteiger charge is 2.61. The lowest BCUT2D eigenvalue weighted by molar-refractivity contribution is -0.261. The van der Waals surface area contributed by atoms with Crippen molar-refractivity contribution in [1.29, 1.82) is 0 Å². The van der Waals surface area contributed by atoms with Crippen molar-refractivity contribution in [2.45, 2.75) is 44.1 Å². The Kier molecular flexibility index (Phi) is 5.74. The number of rotatable bonds is 4. The van der Waals surface area contributed by atoms with Crippen LogP contribution in [0.25, 0.3) is 0 Å². The number of nitrogens with zero attached hydrogens (tertiary/aromatic N) is 1. The van der Waals surface area contributed by atoms with Crippen LogP contribution in [0.4, 0.5) is 27.6 Å². The van der Waals surface area contributed by atoms with Gasteiger partial charge < -0.3 is 15.8 Å². The quantitative estimate of drug-likeness (QED) is 0.706. The molecule has 2 heterocycles. The fourth-order valence-electron chi connectivity index (χ4n) is 3.45. The van der Waals surface area contributed by atoms with Gasteiger partial charge in [-0.3, -0.25) is 14.6 Å². The van der Waals surface area contributed by atoms with E-state index in [-0.39, 0.29) is 22.5 Å². The SMILES string of the molecule is Cc1c(F)ccc([C@@H]2C[C@@](C)(C(F)(F)F)O[C@@H]2C(=O)Nc2ccnc(C(N)=O)c2)c1F. The molecular weight excluding hydrogens is 425 g/mol. The fraction of sp³-hybridized carbons (Fsp3) is 0.350. The summed E-state index contributed by atoms with van der Waals surface area (Å²) < 4.78 is 74.3. The second-order valence-corrected chi connectivity index (χ2v) is 7.44. The predicted molar refractivity (Wildman–Crippen MR) is 99.2 cm³/mol. The maximum atomic E-state index is 14.7. The summed E-state index contributed by atoms with van der Waals surface area (Å²) >= 11 is 0. The Morgan fingerprint density at radius 3 is 2.55 bits per heavy atom. The number of ether oxygens (including phenoxy) is 1. The van der Waals surface area contributed by atoms with E-state index in [2.05, 4.69) is 10.3 Å². The molecule has 1 fully saturated rings. The van der Waals surface area contributed by atoms with E-state index < -0.39 is 53.7 Å². The number of amides is 2. The molecule has 0 aliphatic carbocycles. The zero-order chi connectivity index (χ0) is 23.1. The van der Waals surface area contributed by atoms with Crippen molar-refractivity contribution in [3.8, 4) is 0 Å². The number of hydrogen-bond acceptors (Lipinski definition) is 4. The van der Waals surface area contributed by atoms with Crippen molar-refractivity contribution in [3.63, 3.8) is 0 Å². The zero-order valence-corrected chi connectivity index (χ0v) is 16.4. The first kappa shape index (κ1) is 22.6. The van der Waals surface area contributed by atoms with Crippen LogP contribution >= 0.6 is 0 Å². The fourth-order valence-corrected chi connectivity index (χ4v) is 3.45. The summed E-state index contributed by atoms with van der Waals surface area (Å²) in [6.45, 7) is 1.91. The Labute approximate surface area is 173 Å². The van der Waals surface area contributed by atoms with Crippen molar-refractivity contribution in [1.82, 2.24) is 4.98 Å². The monoisotopic (exact) mass is 443 g/mol. The maximum absolute atomic E-state index is 14.7. The van der Waals surface area contributed by atoms with Gasteiger partial charge in [-0.05, 0) is 44.0 Å². The highest BCUT2D eigenvalue weighted by molar-refractivity contribution is 5.97. The number of benzene rings is 1. The van der Waals surface area contributed by atoms with Gasteiger partial charge in [-0.15, -0.1) is 0 Å². The minimum atomic E-state index is -4.85. The number of pyridine rings is 1. The number of nitrogens with two attached hydrogens (primary N) is 1. The number of primary amides is 1. The topological polar surface area (TPSA) is 94.3 Å². The number of alkyl halides is 3. The van der Waals surface area contributed by atoms with Crippen LogP contribution in [-0.4, -0.2) is 34.7 Å². The van der Waals surface area contributed by atoms with E-state index >= 15 is 0 Å². The van der Waals surface area contributed by atoms with E-state index in [1.54, 1.807) is 0 Å². The van der Waals surface area contributed by atoms with Crippen LogP contribution in [0.2, 0.25) is 0 Å². The van der Waals surface area contributed by atoms with Crippen LogP contribution in [0.15, 0.2) is 30.5 Å². The lowest BCUT2D eigenvalue weighted by Crippen LogP contribution is -2.43. The van der Waals surface area contributed by atoms with Gasteiger partial charge >= 0.3 is 6.18 Å². The summed E-state index contributed by atoms with van der Waals surface area (Å²) in [5.41, 5.74) is 1.61. The molecule has 11 heteroatoms. The lowest BCUT2D eigenvalue weighted by Gasteiger charge is -2.27. The van der Waals surface area contributed by atoms with Crippen LogP contribution in [-0.2, 0) is 9.53 Å². The summed E-state index contributed by atoms with van der Waals surface area (Å²) in [4.78, 5) is 27.8. The first-order chi connectivity index (χ1) is 14.3. The number of hydrogen-bond donors (Lipinski definition) is 2. The Morgan fingerprint density at radius 2 is 1.94 bits per heavy atom. The minimum absolute atomic E-state index is 0.0347. The third-order valence-corrected chi connectivity index (χ3v) is 5.25. The van der Waals surface area contributed by atoms with Crippen LogP contribution in [0.5, 0.6) is 0 Å². The highest BCUT2D eigenvalue weighted by atomic mass is 19.4. The van der Waals surface area contributed by atoms with Gasteiger partial charge in [0, 0.05) is 23.4 Å². The van der Waals surface area contributed by atoms with Crippen molar-refractivity contribution in [3.05, 3.63) is 58.9 Å². The van der Waals surface area contributed by atoms with E-state index in [0.29, 0.717) is 0 Å². The third-order valence-electron chi connectivity index (χ3n) is 5.25. The molecule has 166 valence electrons. The summed E-state index contributed by atoms with van der Waals surface area (Å²) in [5, 5.41) is 2.34. The highest BCUT2D eigenvalue weighted by Crippen LogP contribution is 2.50. The molecule has 3 N–H and O–H groups in total. The van der Waals surface area contributed by atoms with Crippen LogP contribution in [0, 0.1) is 18.6 Å². The van der Waals surface area contributed by atoms with Gasteiger partial charge in [-0.1, -0.05) is 6.07 Å². The Bertz CT molecular complexity index is 1040. The average molecular weight is 443 g/mol. The molecule has 2 amide bonds. The first-order valence-corrected chi connectivity index (χ1v) is 9.10. The molecule has 0 spiro atoms. The van der Waals surface area contributed by atoms with Gasteiger partial charge in [0.1, 0.15) is 23.4 Å². The van der Waals surface area contributed by atoms with E-state index in [1.165, 1.54) is 12.3 Å². The van der Waals surface area contributed by atoms with Crippen molar-refractivity contribution in [2.24, 2.45) is 5.73 Å². The van der Waals surface area contributed by atoms with Gasteiger partial charge in [0.25, 0.3) is 11.8 Å². The van der Waals surface area contributed by atoms with Crippen molar-refractivity contribution in [2.75, 3.05) is 5.32 Å². The van der Waals surface area contributed by atoms with Crippen LogP contribution in [0.1, 0.15) is 40.9 Å². The molecule has 1 aromatic carbocycles. The molecule has 6 nitrogen and oxygen atoms in total. The van der Waals surface area contributed by atoms with E-state index in [4.69, 9.17) is 10.5 Å². The van der Waals surface area contributed by atoms with Crippen molar-refractivity contribution >= 4 is 17.5 Å². The zero-order valence-electron chi connectivity index (χ0n) is 16.4. The molecule has 0 radical (unpaired) electrons. The molecule has 1 aliphatic rings. The first-order valence-electron chi connectivity index (χ1n) is 9.10. The molecule has 0 unspecified atom stereocenters. The second-order valence-electron chi connectivity index (χ2n) is 7.44. The summed E-state index contributed by atoms with van der Waals surface area (Å²) in [7, 11) is 0. The number of halogens is 5. The molecule has 3 atom stereocenters. The molecule has 3 rings (SSSR count). The Morgan fingerprint density at radius 1 is 1.26 bits per heavy atom. The normalized spacial score (nSPS) is 23.6. The van der Waals surface area contributed by atoms with E-state index in [9.17, 15) is 31.5 Å². The Hall–Kier alpha value is -3.08. The minimum Gasteiger partial charge on any atom is -0.364 e. The smallest absolute Gasteiger partial charge is 0.364 e.